The molecular weight excluding hydrogens is 556 g/mol. The molecule has 0 aliphatic carbocycles. The van der Waals surface area contributed by atoms with Gasteiger partial charge in [0.2, 0.25) is 0 Å². The van der Waals surface area contributed by atoms with Gasteiger partial charge in [-0.3, -0.25) is 0 Å². The fourth-order valence-electron chi connectivity index (χ4n) is 5.09. The van der Waals surface area contributed by atoms with Gasteiger partial charge in [-0.25, -0.2) is 0 Å². The average Bonchev–Trinajstić information content (AvgIpc) is 3.46. The maximum atomic E-state index is 13.5. The Morgan fingerprint density at radius 2 is 2.08 bits per heavy atom. The van der Waals surface area contributed by atoms with Crippen molar-refractivity contribution in [1.82, 2.24) is 24.6 Å². The van der Waals surface area contributed by atoms with Crippen molar-refractivity contribution in [1.29, 1.82) is 0 Å². The number of fused-ring (bicyclic) bond motifs is 3. The topological polar surface area (TPSA) is 74.6 Å². The third-order valence-electron chi connectivity index (χ3n) is 6.76. The van der Waals surface area contributed by atoms with Crippen molar-refractivity contribution >= 4 is 48.1 Å². The number of alkyl halides is 3. The molecule has 1 amide bonds. The van der Waals surface area contributed by atoms with E-state index in [0.717, 1.165) is 24.3 Å². The molecule has 5 rings (SSSR count). The summed E-state index contributed by atoms with van der Waals surface area (Å²) < 4.78 is 42.2. The van der Waals surface area contributed by atoms with E-state index in [1.165, 1.54) is 30.2 Å². The number of aromatic nitrogens is 3. The number of piperidine rings is 1. The number of thiazole rings is 1. The van der Waals surface area contributed by atoms with Crippen molar-refractivity contribution in [2.45, 2.75) is 55.8 Å². The number of carbonyl (C=O) groups is 1. The molecule has 0 radical (unpaired) electrons. The predicted molar refractivity (Wildman–Crippen MR) is 134 cm³/mol. The van der Waals surface area contributed by atoms with Crippen molar-refractivity contribution in [2.75, 3.05) is 18.9 Å². The minimum absolute atomic E-state index is 0.0149. The van der Waals surface area contributed by atoms with Crippen LogP contribution in [-0.4, -0.2) is 76.9 Å². The second kappa shape index (κ2) is 10.1. The number of hydrogen-bond acceptors (Lipinski definition) is 6. The zero-order valence-electron chi connectivity index (χ0n) is 19.7. The van der Waals surface area contributed by atoms with Gasteiger partial charge in [0.15, 0.2) is 0 Å². The van der Waals surface area contributed by atoms with E-state index in [4.69, 9.17) is 0 Å². The van der Waals surface area contributed by atoms with Gasteiger partial charge in [-0.15, -0.1) is 0 Å². The van der Waals surface area contributed by atoms with E-state index in [0.29, 0.717) is 33.9 Å². The van der Waals surface area contributed by atoms with Crippen LogP contribution < -0.4 is 15.2 Å². The van der Waals surface area contributed by atoms with E-state index >= 15 is 0 Å². The number of halogens is 3. The van der Waals surface area contributed by atoms with Crippen LogP contribution in [0.15, 0.2) is 24.7 Å². The molecule has 3 aromatic heterocycles. The molecule has 3 aromatic rings. The number of amides is 1. The van der Waals surface area contributed by atoms with Crippen molar-refractivity contribution in [3.63, 3.8) is 0 Å². The molecule has 2 bridgehead atoms. The molecule has 0 aromatic carbocycles. The number of carbonyl (C=O) groups excluding carboxylic acids is 1. The number of nitrogens with one attached hydrogen (secondary N) is 2. The average molecular weight is 582 g/mol. The third kappa shape index (κ3) is 5.25. The van der Waals surface area contributed by atoms with Crippen LogP contribution in [0.2, 0.25) is 0 Å². The molecule has 2 aliphatic heterocycles. The molecule has 36 heavy (non-hydrogen) atoms. The molecule has 3 atom stereocenters. The summed E-state index contributed by atoms with van der Waals surface area (Å²) >= 11 is -0.528. The van der Waals surface area contributed by atoms with Crippen LogP contribution >= 0.6 is 11.3 Å². The first-order valence-electron chi connectivity index (χ1n) is 11.6. The van der Waals surface area contributed by atoms with Crippen molar-refractivity contribution in [3.05, 3.63) is 40.1 Å². The normalized spacial score (nSPS) is 21.9. The quantitative estimate of drug-likeness (QED) is 0.358. The number of rotatable bonds is 5. The fourth-order valence-corrected chi connectivity index (χ4v) is 7.25. The third-order valence-corrected chi connectivity index (χ3v) is 9.44. The van der Waals surface area contributed by atoms with Crippen LogP contribution in [-0.2, 0) is 0 Å². The summed E-state index contributed by atoms with van der Waals surface area (Å²) in [6.07, 6.45) is 8.97. The first-order chi connectivity index (χ1) is 17.2. The minimum atomic E-state index is -4.34. The molecular formula is C24H25F3N6OSSe. The van der Waals surface area contributed by atoms with Crippen LogP contribution in [0.4, 0.5) is 19.0 Å². The summed E-state index contributed by atoms with van der Waals surface area (Å²) in [5.74, 6) is 5.93. The van der Waals surface area contributed by atoms with Gasteiger partial charge in [-0.1, -0.05) is 0 Å². The Balaban J connectivity index is 1.40. The van der Waals surface area contributed by atoms with Crippen molar-refractivity contribution < 1.29 is 18.0 Å². The van der Waals surface area contributed by atoms with Gasteiger partial charge in [-0.05, 0) is 0 Å². The molecule has 0 saturated carbocycles. The van der Waals surface area contributed by atoms with E-state index in [9.17, 15) is 18.0 Å². The summed E-state index contributed by atoms with van der Waals surface area (Å²) in [6, 6.07) is 2.88. The zero-order valence-corrected chi connectivity index (χ0v) is 22.3. The van der Waals surface area contributed by atoms with Gasteiger partial charge < -0.3 is 0 Å². The van der Waals surface area contributed by atoms with Crippen LogP contribution in [0, 0.1) is 18.8 Å². The summed E-state index contributed by atoms with van der Waals surface area (Å²) in [4.78, 5) is 23.6. The summed E-state index contributed by atoms with van der Waals surface area (Å²) in [5.41, 5.74) is 0.878. The molecule has 2 N–H and O–H groups in total. The number of aryl methyl sites for hydroxylation is 1. The Bertz CT molecular complexity index is 1340. The predicted octanol–water partition coefficient (Wildman–Crippen LogP) is 2.77. The van der Waals surface area contributed by atoms with E-state index in [-0.39, 0.29) is 23.1 Å². The van der Waals surface area contributed by atoms with Crippen LogP contribution in [0.1, 0.15) is 45.9 Å². The Morgan fingerprint density at radius 1 is 1.28 bits per heavy atom. The van der Waals surface area contributed by atoms with Gasteiger partial charge in [0.1, 0.15) is 0 Å². The Kier molecular flexibility index (Phi) is 7.01. The zero-order chi connectivity index (χ0) is 25.4. The van der Waals surface area contributed by atoms with Gasteiger partial charge in [0.25, 0.3) is 0 Å². The van der Waals surface area contributed by atoms with Crippen LogP contribution in [0.5, 0.6) is 0 Å². The Hall–Kier alpha value is -2.58. The van der Waals surface area contributed by atoms with E-state index < -0.39 is 20.0 Å². The van der Waals surface area contributed by atoms with Gasteiger partial charge in [-0.2, -0.15) is 0 Å². The first-order valence-corrected chi connectivity index (χ1v) is 14.2. The van der Waals surface area contributed by atoms with Crippen molar-refractivity contribution in [3.8, 4) is 11.8 Å². The van der Waals surface area contributed by atoms with Crippen LogP contribution in [0.25, 0.3) is 5.52 Å². The van der Waals surface area contributed by atoms with Gasteiger partial charge in [0, 0.05) is 0 Å². The summed E-state index contributed by atoms with van der Waals surface area (Å²) in [6.45, 7) is 1.82. The van der Waals surface area contributed by atoms with Gasteiger partial charge >= 0.3 is 217 Å². The van der Waals surface area contributed by atoms with Gasteiger partial charge in [0.05, 0.1) is 0 Å². The van der Waals surface area contributed by atoms with E-state index in [2.05, 4.69) is 44.4 Å². The number of hydrogen-bond donors (Lipinski definition) is 2. The summed E-state index contributed by atoms with van der Waals surface area (Å²) in [5, 5.41) is 2.64. The standard InChI is InChI=1S/C24H25F3N6OSSe/c1-14-30-13-20(35-14)22(34)29-9-3-4-15-12-19-21(28-10-11-33(19)23(15)36-24(25,26)27)31-17-7-5-16-6-8-18(17)32(16)2/h10-13,16-18H,5-9H2,1-2H3,(H,28,31)(H,29,34)/t16-,17-,18-/m1/s1. The molecule has 7 nitrogen and oxygen atoms in total. The second-order valence-electron chi connectivity index (χ2n) is 8.96. The molecule has 0 spiro atoms. The molecule has 2 saturated heterocycles. The SMILES string of the molecule is Cc1ncc(C(=O)NCC#Cc2cc3c(N[C@@H]4CC[C@@H]5CC[C@H]4N5C)nccn3c2[Se]C(F)(F)F)s1. The Labute approximate surface area is 217 Å². The first kappa shape index (κ1) is 25.1. The van der Waals surface area contributed by atoms with Crippen LogP contribution in [0.3, 0.4) is 0 Å². The molecule has 5 heterocycles. The molecule has 2 aliphatic rings. The number of nitrogens with zero attached hydrogens (tertiary/aromatic N) is 4. The second-order valence-corrected chi connectivity index (χ2v) is 12.4. The number of likely N-dealkylation sites (N-methyl/N-ethyl adjacent to an activating group) is 1. The molecule has 2 fully saturated rings. The fraction of sp³-hybridized carbons (Fsp3) is 0.458. The maximum absolute atomic E-state index is 13.5. The Morgan fingerprint density at radius 3 is 2.83 bits per heavy atom. The van der Waals surface area contributed by atoms with E-state index in [1.807, 2.05) is 0 Å². The van der Waals surface area contributed by atoms with E-state index in [1.54, 1.807) is 23.6 Å². The molecule has 0 unspecified atom stereocenters. The van der Waals surface area contributed by atoms with Crippen molar-refractivity contribution in [2.24, 2.45) is 0 Å². The monoisotopic (exact) mass is 582 g/mol. The molecule has 12 heteroatoms. The number of anilines is 1. The molecule has 190 valence electrons. The summed E-state index contributed by atoms with van der Waals surface area (Å²) in [7, 11) is 2.15.